The largest absolute Gasteiger partial charge is 0.508 e. The summed E-state index contributed by atoms with van der Waals surface area (Å²) < 4.78 is 0. The Morgan fingerprint density at radius 3 is 2.00 bits per heavy atom. The highest BCUT2D eigenvalue weighted by Gasteiger charge is 2.01. The van der Waals surface area contributed by atoms with Crippen molar-refractivity contribution in [2.45, 2.75) is 39.0 Å². The van der Waals surface area contributed by atoms with Crippen molar-refractivity contribution >= 4 is 0 Å². The van der Waals surface area contributed by atoms with Gasteiger partial charge in [0.05, 0.1) is 0 Å². The van der Waals surface area contributed by atoms with Crippen molar-refractivity contribution in [3.05, 3.63) is 54.1 Å². The molecular weight excluding hydrogens is 264 g/mol. The van der Waals surface area contributed by atoms with Crippen molar-refractivity contribution in [1.82, 2.24) is 0 Å². The van der Waals surface area contributed by atoms with Gasteiger partial charge in [-0.3, -0.25) is 0 Å². The molecule has 0 aliphatic carbocycles. The van der Waals surface area contributed by atoms with Crippen LogP contribution < -0.4 is 0 Å². The molecule has 0 heterocycles. The molecule has 0 saturated heterocycles. The number of benzene rings is 2. The molecule has 0 radical (unpaired) electrons. The molecule has 0 fully saturated rings. The maximum atomic E-state index is 9.49. The zero-order chi connectivity index (χ0) is 15.5. The third-order valence-corrected chi connectivity index (χ3v) is 3.12. The van der Waals surface area contributed by atoms with Gasteiger partial charge >= 0.3 is 0 Å². The fraction of sp³-hybridized carbons (Fsp3) is 0.333. The van der Waals surface area contributed by atoms with Crippen molar-refractivity contribution in [3.8, 4) is 17.2 Å². The summed E-state index contributed by atoms with van der Waals surface area (Å²) >= 11 is 0. The van der Waals surface area contributed by atoms with Crippen LogP contribution in [-0.4, -0.2) is 15.3 Å². The van der Waals surface area contributed by atoms with E-state index in [4.69, 9.17) is 10.2 Å². The Morgan fingerprint density at radius 2 is 1.48 bits per heavy atom. The maximum Gasteiger partial charge on any atom is 0.122 e. The van der Waals surface area contributed by atoms with Crippen molar-refractivity contribution in [3.63, 3.8) is 0 Å². The van der Waals surface area contributed by atoms with Crippen LogP contribution in [0.25, 0.3) is 0 Å². The van der Waals surface area contributed by atoms with E-state index < -0.39 is 0 Å². The predicted octanol–water partition coefficient (Wildman–Crippen LogP) is 4.61. The third-order valence-electron chi connectivity index (χ3n) is 3.12. The molecule has 0 unspecified atom stereocenters. The summed E-state index contributed by atoms with van der Waals surface area (Å²) in [6.45, 7) is 2.18. The molecule has 0 spiro atoms. The van der Waals surface area contributed by atoms with E-state index in [1.165, 1.54) is 25.3 Å². The Labute approximate surface area is 126 Å². The fourth-order valence-electron chi connectivity index (χ4n) is 1.93. The number of unbranched alkanes of at least 4 members (excludes halogenated alkanes) is 3. The molecule has 21 heavy (non-hydrogen) atoms. The van der Waals surface area contributed by atoms with Crippen LogP contribution in [0.15, 0.2) is 48.5 Å². The van der Waals surface area contributed by atoms with Crippen LogP contribution in [0, 0.1) is 0 Å². The molecule has 3 N–H and O–H groups in total. The Bertz CT molecular complexity index is 509. The molecule has 0 saturated carbocycles. The van der Waals surface area contributed by atoms with Gasteiger partial charge < -0.3 is 15.3 Å². The van der Waals surface area contributed by atoms with Crippen LogP contribution in [0.4, 0.5) is 0 Å². The average Bonchev–Trinajstić information content (AvgIpc) is 2.47. The summed E-state index contributed by atoms with van der Waals surface area (Å²) in [5, 5.41) is 27.2. The summed E-state index contributed by atoms with van der Waals surface area (Å²) in [5.74, 6) is 0.656. The first-order valence-electron chi connectivity index (χ1n) is 7.38. The minimum absolute atomic E-state index is 0.125. The number of para-hydroxylation sites is 1. The SMILES string of the molecule is CCCCCCc1ccc(O)cc1O.Oc1ccccc1. The van der Waals surface area contributed by atoms with Crippen LogP contribution in [0.2, 0.25) is 0 Å². The van der Waals surface area contributed by atoms with E-state index in [1.807, 2.05) is 6.07 Å². The van der Waals surface area contributed by atoms with Gasteiger partial charge in [-0.05, 0) is 36.6 Å². The summed E-state index contributed by atoms with van der Waals surface area (Å²) in [7, 11) is 0. The third kappa shape index (κ3) is 7.25. The van der Waals surface area contributed by atoms with Gasteiger partial charge in [-0.2, -0.15) is 0 Å². The molecular formula is C18H24O3. The van der Waals surface area contributed by atoms with Gasteiger partial charge in [-0.25, -0.2) is 0 Å². The molecule has 0 aliphatic heterocycles. The molecule has 0 aromatic heterocycles. The average molecular weight is 288 g/mol. The first kappa shape index (κ1) is 16.9. The summed E-state index contributed by atoms with van der Waals surface area (Å²) in [6, 6.07) is 13.5. The van der Waals surface area contributed by atoms with Crippen molar-refractivity contribution in [2.24, 2.45) is 0 Å². The van der Waals surface area contributed by atoms with E-state index >= 15 is 0 Å². The number of hydrogen-bond acceptors (Lipinski definition) is 3. The van der Waals surface area contributed by atoms with Crippen LogP contribution in [-0.2, 0) is 6.42 Å². The number of hydrogen-bond donors (Lipinski definition) is 3. The second-order valence-electron chi connectivity index (χ2n) is 4.96. The lowest BCUT2D eigenvalue weighted by Gasteiger charge is -2.04. The summed E-state index contributed by atoms with van der Waals surface area (Å²) in [6.07, 6.45) is 5.68. The molecule has 2 rings (SSSR count). The van der Waals surface area contributed by atoms with Gasteiger partial charge in [-0.15, -0.1) is 0 Å². The summed E-state index contributed by atoms with van der Waals surface area (Å²) in [5.41, 5.74) is 0.930. The monoisotopic (exact) mass is 288 g/mol. The zero-order valence-corrected chi connectivity index (χ0v) is 12.5. The second-order valence-corrected chi connectivity index (χ2v) is 4.96. The van der Waals surface area contributed by atoms with Gasteiger partial charge in [-0.1, -0.05) is 50.5 Å². The van der Waals surface area contributed by atoms with E-state index in [-0.39, 0.29) is 11.5 Å². The lowest BCUT2D eigenvalue weighted by Crippen LogP contribution is -1.86. The highest BCUT2D eigenvalue weighted by atomic mass is 16.3. The van der Waals surface area contributed by atoms with Crippen LogP contribution >= 0.6 is 0 Å². The van der Waals surface area contributed by atoms with Gasteiger partial charge in [0.1, 0.15) is 17.2 Å². The molecule has 114 valence electrons. The topological polar surface area (TPSA) is 60.7 Å². The number of phenolic OH excluding ortho intramolecular Hbond substituents is 3. The molecule has 2 aromatic rings. The van der Waals surface area contributed by atoms with Crippen molar-refractivity contribution in [1.29, 1.82) is 0 Å². The molecule has 3 heteroatoms. The van der Waals surface area contributed by atoms with Crippen molar-refractivity contribution in [2.75, 3.05) is 0 Å². The van der Waals surface area contributed by atoms with Gasteiger partial charge in [0.15, 0.2) is 0 Å². The van der Waals surface area contributed by atoms with E-state index in [0.717, 1.165) is 18.4 Å². The quantitative estimate of drug-likeness (QED) is 0.704. The lowest BCUT2D eigenvalue weighted by molar-refractivity contribution is 0.445. The Balaban J connectivity index is 0.000000262. The first-order valence-corrected chi connectivity index (χ1v) is 7.38. The smallest absolute Gasteiger partial charge is 0.122 e. The second kappa shape index (κ2) is 9.70. The Morgan fingerprint density at radius 1 is 0.762 bits per heavy atom. The fourth-order valence-corrected chi connectivity index (χ4v) is 1.93. The van der Waals surface area contributed by atoms with Crippen LogP contribution in [0.3, 0.4) is 0 Å². The van der Waals surface area contributed by atoms with Gasteiger partial charge in [0.25, 0.3) is 0 Å². The Kier molecular flexibility index (Phi) is 7.80. The van der Waals surface area contributed by atoms with Crippen LogP contribution in [0.1, 0.15) is 38.2 Å². The first-order chi connectivity index (χ1) is 10.1. The minimum atomic E-state index is 0.125. The van der Waals surface area contributed by atoms with Crippen molar-refractivity contribution < 1.29 is 15.3 Å². The van der Waals surface area contributed by atoms with E-state index in [1.54, 1.807) is 36.4 Å². The highest BCUT2D eigenvalue weighted by Crippen LogP contribution is 2.24. The normalized spacial score (nSPS) is 9.76. The number of aryl methyl sites for hydroxylation is 1. The van der Waals surface area contributed by atoms with Gasteiger partial charge in [0.2, 0.25) is 0 Å². The predicted molar refractivity (Wildman–Crippen MR) is 85.7 cm³/mol. The lowest BCUT2D eigenvalue weighted by atomic mass is 10.1. The van der Waals surface area contributed by atoms with Gasteiger partial charge in [0, 0.05) is 6.07 Å². The van der Waals surface area contributed by atoms with E-state index in [2.05, 4.69) is 6.92 Å². The van der Waals surface area contributed by atoms with E-state index in [0.29, 0.717) is 5.75 Å². The molecule has 0 bridgehead atoms. The Hall–Kier alpha value is -2.16. The van der Waals surface area contributed by atoms with E-state index in [9.17, 15) is 5.11 Å². The summed E-state index contributed by atoms with van der Waals surface area (Å²) in [4.78, 5) is 0. The minimum Gasteiger partial charge on any atom is -0.508 e. The zero-order valence-electron chi connectivity index (χ0n) is 12.5. The standard InChI is InChI=1S/C12H18O2.C6H6O/c1-2-3-4-5-6-10-7-8-11(13)9-12(10)14;7-6-4-2-1-3-5-6/h7-9,13-14H,2-6H2,1H3;1-5,7H. The molecule has 3 nitrogen and oxygen atoms in total. The molecule has 2 aromatic carbocycles. The molecule has 0 aliphatic rings. The maximum absolute atomic E-state index is 9.49. The molecule has 0 amide bonds. The van der Waals surface area contributed by atoms with Crippen LogP contribution in [0.5, 0.6) is 17.2 Å². The molecule has 0 atom stereocenters. The number of rotatable bonds is 5. The number of aromatic hydroxyl groups is 3. The highest BCUT2D eigenvalue weighted by molar-refractivity contribution is 5.38. The number of phenols is 3.